The number of hydrogen-bond acceptors (Lipinski definition) is 5. The van der Waals surface area contributed by atoms with Crippen LogP contribution >= 0.6 is 0 Å². The fourth-order valence-electron chi connectivity index (χ4n) is 2.81. The van der Waals surface area contributed by atoms with Gasteiger partial charge in [0.25, 0.3) is 5.91 Å². The molecule has 2 rings (SSSR count). The van der Waals surface area contributed by atoms with E-state index in [9.17, 15) is 4.79 Å². The summed E-state index contributed by atoms with van der Waals surface area (Å²) in [5.74, 6) is 0.180. The van der Waals surface area contributed by atoms with Crippen LogP contribution in [0.4, 0.5) is 5.82 Å². The van der Waals surface area contributed by atoms with Gasteiger partial charge in [-0.3, -0.25) is 9.48 Å². The van der Waals surface area contributed by atoms with Gasteiger partial charge < -0.3 is 21.5 Å². The zero-order chi connectivity index (χ0) is 15.4. The van der Waals surface area contributed by atoms with E-state index in [-0.39, 0.29) is 0 Å². The van der Waals surface area contributed by atoms with E-state index in [1.165, 1.54) is 0 Å². The fraction of sp³-hybridized carbons (Fsp3) is 0.714. The number of amides is 1. The number of nitrogens with two attached hydrogens (primary N) is 2. The normalized spacial score (nSPS) is 22.2. The number of carbonyl (C=O) groups excluding carboxylic acids is 1. The van der Waals surface area contributed by atoms with E-state index in [0.29, 0.717) is 42.4 Å². The smallest absolute Gasteiger partial charge is 0.254 e. The zero-order valence-corrected chi connectivity index (χ0v) is 12.8. The van der Waals surface area contributed by atoms with Crippen molar-refractivity contribution in [3.8, 4) is 0 Å². The number of anilines is 1. The molecule has 0 atom stereocenters. The molecule has 1 saturated carbocycles. The van der Waals surface area contributed by atoms with Crippen molar-refractivity contribution >= 4 is 11.7 Å². The first kappa shape index (κ1) is 15.8. The van der Waals surface area contributed by atoms with Crippen molar-refractivity contribution in [2.75, 3.05) is 18.5 Å². The second kappa shape index (κ2) is 6.91. The van der Waals surface area contributed by atoms with Crippen molar-refractivity contribution in [2.45, 2.75) is 44.8 Å². The van der Waals surface area contributed by atoms with Gasteiger partial charge in [0.15, 0.2) is 0 Å². The summed E-state index contributed by atoms with van der Waals surface area (Å²) in [6, 6.07) is 0.332. The summed E-state index contributed by atoms with van der Waals surface area (Å²) in [6.07, 6.45) is 4.42. The second-order valence-corrected chi connectivity index (χ2v) is 5.63. The molecule has 1 aromatic heterocycles. The first-order valence-electron chi connectivity index (χ1n) is 7.43. The summed E-state index contributed by atoms with van der Waals surface area (Å²) in [7, 11) is 1.78. The van der Waals surface area contributed by atoms with Gasteiger partial charge in [0.1, 0.15) is 11.4 Å². The molecule has 0 radical (unpaired) electrons. The minimum absolute atomic E-state index is 0.301. The van der Waals surface area contributed by atoms with Crippen molar-refractivity contribution in [2.24, 2.45) is 18.5 Å². The van der Waals surface area contributed by atoms with Crippen LogP contribution in [-0.4, -0.2) is 41.0 Å². The monoisotopic (exact) mass is 295 g/mol. The van der Waals surface area contributed by atoms with Gasteiger partial charge in [-0.05, 0) is 32.6 Å². The Bertz CT molecular complexity index is 492. The van der Waals surface area contributed by atoms with Crippen LogP contribution in [0.1, 0.15) is 41.7 Å². The molecule has 7 nitrogen and oxygen atoms in total. The lowest BCUT2D eigenvalue weighted by atomic mass is 9.94. The number of ether oxygens (including phenoxy) is 1. The summed E-state index contributed by atoms with van der Waals surface area (Å²) >= 11 is 0. The van der Waals surface area contributed by atoms with Gasteiger partial charge in [0, 0.05) is 19.6 Å². The molecular formula is C14H25N5O2. The van der Waals surface area contributed by atoms with Gasteiger partial charge >= 0.3 is 0 Å². The third-order valence-electron chi connectivity index (χ3n) is 3.94. The number of aryl methyl sites for hydroxylation is 2. The Morgan fingerprint density at radius 1 is 1.43 bits per heavy atom. The van der Waals surface area contributed by atoms with Crippen LogP contribution in [-0.2, 0) is 11.8 Å². The largest absolute Gasteiger partial charge is 0.376 e. The van der Waals surface area contributed by atoms with Crippen molar-refractivity contribution in [1.29, 1.82) is 0 Å². The van der Waals surface area contributed by atoms with E-state index < -0.39 is 5.91 Å². The summed E-state index contributed by atoms with van der Waals surface area (Å²) < 4.78 is 7.47. The van der Waals surface area contributed by atoms with Crippen molar-refractivity contribution in [3.05, 3.63) is 11.3 Å². The van der Waals surface area contributed by atoms with E-state index in [1.807, 2.05) is 0 Å². The molecule has 0 aliphatic heterocycles. The minimum atomic E-state index is -0.467. The molecule has 21 heavy (non-hydrogen) atoms. The Morgan fingerprint density at radius 3 is 2.71 bits per heavy atom. The number of hydrogen-bond donors (Lipinski definition) is 3. The van der Waals surface area contributed by atoms with Crippen LogP contribution in [0.2, 0.25) is 0 Å². The third-order valence-corrected chi connectivity index (χ3v) is 3.94. The van der Waals surface area contributed by atoms with Crippen molar-refractivity contribution in [3.63, 3.8) is 0 Å². The Balaban J connectivity index is 1.80. The molecule has 0 spiro atoms. The maximum absolute atomic E-state index is 11.5. The number of rotatable bonds is 6. The van der Waals surface area contributed by atoms with Crippen LogP contribution in [0.25, 0.3) is 0 Å². The lowest BCUT2D eigenvalue weighted by Gasteiger charge is -2.26. The molecular weight excluding hydrogens is 270 g/mol. The Morgan fingerprint density at radius 2 is 2.10 bits per heavy atom. The van der Waals surface area contributed by atoms with Gasteiger partial charge in [-0.2, -0.15) is 5.10 Å². The molecule has 1 aliphatic carbocycles. The molecule has 0 unspecified atom stereocenters. The molecule has 1 heterocycles. The van der Waals surface area contributed by atoms with Gasteiger partial charge in [-0.1, -0.05) is 0 Å². The van der Waals surface area contributed by atoms with Crippen LogP contribution in [0.3, 0.4) is 0 Å². The van der Waals surface area contributed by atoms with Gasteiger partial charge in [0.2, 0.25) is 0 Å². The van der Waals surface area contributed by atoms with Crippen LogP contribution in [0.15, 0.2) is 0 Å². The van der Waals surface area contributed by atoms with E-state index in [1.54, 1.807) is 18.7 Å². The predicted molar refractivity (Wildman–Crippen MR) is 81.1 cm³/mol. The Kier molecular flexibility index (Phi) is 5.19. The topological polar surface area (TPSA) is 108 Å². The SMILES string of the molecule is Cc1nn(C)c(NCCOC2CCC(N)CC2)c1C(N)=O. The number of nitrogens with one attached hydrogen (secondary N) is 1. The molecule has 7 heteroatoms. The van der Waals surface area contributed by atoms with Gasteiger partial charge in [-0.25, -0.2) is 0 Å². The van der Waals surface area contributed by atoms with Crippen LogP contribution < -0.4 is 16.8 Å². The summed E-state index contributed by atoms with van der Waals surface area (Å²) in [6.45, 7) is 2.97. The van der Waals surface area contributed by atoms with E-state index in [0.717, 1.165) is 25.7 Å². The van der Waals surface area contributed by atoms with Gasteiger partial charge in [-0.15, -0.1) is 0 Å². The Labute approximate surface area is 125 Å². The second-order valence-electron chi connectivity index (χ2n) is 5.63. The standard InChI is InChI=1S/C14H25N5O2/c1-9-12(13(16)20)14(19(2)18-9)17-7-8-21-11-5-3-10(15)4-6-11/h10-11,17H,3-8,15H2,1-2H3,(H2,16,20). The first-order valence-corrected chi connectivity index (χ1v) is 7.43. The van der Waals surface area contributed by atoms with E-state index in [4.69, 9.17) is 16.2 Å². The quantitative estimate of drug-likeness (QED) is 0.663. The molecule has 0 aromatic carbocycles. The summed E-state index contributed by atoms with van der Waals surface area (Å²) in [5, 5.41) is 7.39. The summed E-state index contributed by atoms with van der Waals surface area (Å²) in [5.41, 5.74) is 12.3. The highest BCUT2D eigenvalue weighted by atomic mass is 16.5. The predicted octanol–water partition coefficient (Wildman–Crippen LogP) is 0.526. The molecule has 118 valence electrons. The average molecular weight is 295 g/mol. The molecule has 1 aromatic rings. The minimum Gasteiger partial charge on any atom is -0.376 e. The van der Waals surface area contributed by atoms with Crippen LogP contribution in [0.5, 0.6) is 0 Å². The summed E-state index contributed by atoms with van der Waals surface area (Å²) in [4.78, 5) is 11.5. The molecule has 0 bridgehead atoms. The average Bonchev–Trinajstić information content (AvgIpc) is 2.71. The van der Waals surface area contributed by atoms with Crippen molar-refractivity contribution in [1.82, 2.24) is 9.78 Å². The van der Waals surface area contributed by atoms with Crippen molar-refractivity contribution < 1.29 is 9.53 Å². The molecule has 0 saturated heterocycles. The number of aromatic nitrogens is 2. The van der Waals surface area contributed by atoms with Crippen LogP contribution in [0, 0.1) is 6.92 Å². The zero-order valence-electron chi connectivity index (χ0n) is 12.8. The lowest BCUT2D eigenvalue weighted by molar-refractivity contribution is 0.0312. The molecule has 1 aliphatic rings. The number of nitrogens with zero attached hydrogens (tertiary/aromatic N) is 2. The Hall–Kier alpha value is -1.60. The molecule has 5 N–H and O–H groups in total. The lowest BCUT2D eigenvalue weighted by Crippen LogP contribution is -2.31. The van der Waals surface area contributed by atoms with E-state index >= 15 is 0 Å². The highest BCUT2D eigenvalue weighted by molar-refractivity contribution is 5.98. The highest BCUT2D eigenvalue weighted by Crippen LogP contribution is 2.20. The first-order chi connectivity index (χ1) is 9.99. The van der Waals surface area contributed by atoms with Gasteiger partial charge in [0.05, 0.1) is 18.4 Å². The number of carbonyl (C=O) groups is 1. The molecule has 1 amide bonds. The molecule has 1 fully saturated rings. The maximum Gasteiger partial charge on any atom is 0.254 e. The number of primary amides is 1. The highest BCUT2D eigenvalue weighted by Gasteiger charge is 2.20. The van der Waals surface area contributed by atoms with E-state index in [2.05, 4.69) is 10.4 Å². The fourth-order valence-corrected chi connectivity index (χ4v) is 2.81. The third kappa shape index (κ3) is 3.95. The maximum atomic E-state index is 11.5.